The molecule has 6 nitrogen and oxygen atoms in total. The van der Waals surface area contributed by atoms with Crippen LogP contribution in [0.3, 0.4) is 0 Å². The molecule has 0 unspecified atom stereocenters. The molecule has 0 spiro atoms. The van der Waals surface area contributed by atoms with Crippen molar-refractivity contribution in [3.63, 3.8) is 0 Å². The van der Waals surface area contributed by atoms with Crippen molar-refractivity contribution in [1.29, 1.82) is 0 Å². The van der Waals surface area contributed by atoms with Crippen molar-refractivity contribution in [2.24, 2.45) is 5.92 Å². The van der Waals surface area contributed by atoms with Gasteiger partial charge in [0, 0.05) is 18.2 Å². The van der Waals surface area contributed by atoms with Crippen molar-refractivity contribution in [1.82, 2.24) is 5.32 Å². The van der Waals surface area contributed by atoms with Gasteiger partial charge in [-0.1, -0.05) is 26.0 Å². The molecule has 0 aliphatic heterocycles. The molecule has 2 N–H and O–H groups in total. The lowest BCUT2D eigenvalue weighted by atomic mass is 10.1. The molecule has 0 bridgehead atoms. The van der Waals surface area contributed by atoms with Crippen LogP contribution in [0, 0.1) is 5.92 Å². The summed E-state index contributed by atoms with van der Waals surface area (Å²) in [6.45, 7) is 4.04. The fourth-order valence-electron chi connectivity index (χ4n) is 2.26. The predicted molar refractivity (Wildman–Crippen MR) is 101 cm³/mol. The summed E-state index contributed by atoms with van der Waals surface area (Å²) in [6.07, 6.45) is 0. The van der Waals surface area contributed by atoms with Gasteiger partial charge in [-0.3, -0.25) is 9.59 Å². The van der Waals surface area contributed by atoms with Gasteiger partial charge in [0.25, 0.3) is 5.91 Å². The zero-order valence-corrected chi connectivity index (χ0v) is 15.5. The topological polar surface area (TPSA) is 76.7 Å². The summed E-state index contributed by atoms with van der Waals surface area (Å²) < 4.78 is 10.4. The molecular formula is C20H24N2O4. The number of carbonyl (C=O) groups excluding carboxylic acids is 2. The summed E-state index contributed by atoms with van der Waals surface area (Å²) in [7, 11) is 3.06. The van der Waals surface area contributed by atoms with Gasteiger partial charge in [0.2, 0.25) is 5.91 Å². The standard InChI is InChI=1S/C20H24N2O4/c1-13(2)19(23)22-15-7-5-14(6-8-15)12-21-20(24)17-11-16(25-3)9-10-18(17)26-4/h5-11,13H,12H2,1-4H3,(H,21,24)(H,22,23). The Morgan fingerprint density at radius 3 is 2.27 bits per heavy atom. The zero-order valence-electron chi connectivity index (χ0n) is 15.5. The average Bonchev–Trinajstić information content (AvgIpc) is 2.66. The van der Waals surface area contributed by atoms with Gasteiger partial charge < -0.3 is 20.1 Å². The third kappa shape index (κ3) is 4.99. The van der Waals surface area contributed by atoms with E-state index in [0.29, 0.717) is 23.6 Å². The highest BCUT2D eigenvalue weighted by Crippen LogP contribution is 2.24. The first-order valence-electron chi connectivity index (χ1n) is 8.34. The molecule has 2 aromatic rings. The number of methoxy groups -OCH3 is 2. The lowest BCUT2D eigenvalue weighted by molar-refractivity contribution is -0.118. The first kappa shape index (κ1) is 19.3. The second-order valence-corrected chi connectivity index (χ2v) is 6.09. The Bertz CT molecular complexity index is 770. The Balaban J connectivity index is 2.00. The molecule has 0 atom stereocenters. The highest BCUT2D eigenvalue weighted by atomic mass is 16.5. The van der Waals surface area contributed by atoms with Crippen LogP contribution in [0.1, 0.15) is 29.8 Å². The first-order chi connectivity index (χ1) is 12.4. The molecule has 2 aromatic carbocycles. The number of ether oxygens (including phenoxy) is 2. The maximum atomic E-state index is 12.4. The van der Waals surface area contributed by atoms with Crippen LogP contribution in [0.5, 0.6) is 11.5 Å². The van der Waals surface area contributed by atoms with Crippen LogP contribution < -0.4 is 20.1 Å². The molecule has 6 heteroatoms. The van der Waals surface area contributed by atoms with Crippen molar-refractivity contribution in [2.75, 3.05) is 19.5 Å². The monoisotopic (exact) mass is 356 g/mol. The summed E-state index contributed by atoms with van der Waals surface area (Å²) in [4.78, 5) is 24.1. The molecule has 0 fully saturated rings. The third-order valence-corrected chi connectivity index (χ3v) is 3.85. The van der Waals surface area contributed by atoms with E-state index in [-0.39, 0.29) is 17.7 Å². The van der Waals surface area contributed by atoms with E-state index >= 15 is 0 Å². The SMILES string of the molecule is COc1ccc(OC)c(C(=O)NCc2ccc(NC(=O)C(C)C)cc2)c1. The number of carbonyl (C=O) groups is 2. The summed E-state index contributed by atoms with van der Waals surface area (Å²) in [6, 6.07) is 12.4. The van der Waals surface area contributed by atoms with E-state index < -0.39 is 0 Å². The molecular weight excluding hydrogens is 332 g/mol. The Morgan fingerprint density at radius 1 is 1.00 bits per heavy atom. The molecule has 0 heterocycles. The van der Waals surface area contributed by atoms with Crippen molar-refractivity contribution < 1.29 is 19.1 Å². The van der Waals surface area contributed by atoms with Crippen molar-refractivity contribution >= 4 is 17.5 Å². The lowest BCUT2D eigenvalue weighted by Gasteiger charge is -2.12. The van der Waals surface area contributed by atoms with Gasteiger partial charge in [0.15, 0.2) is 0 Å². The Hall–Kier alpha value is -3.02. The largest absolute Gasteiger partial charge is 0.497 e. The number of anilines is 1. The minimum atomic E-state index is -0.252. The molecule has 0 saturated heterocycles. The van der Waals surface area contributed by atoms with Gasteiger partial charge in [-0.05, 0) is 35.9 Å². The summed E-state index contributed by atoms with van der Waals surface area (Å²) in [5.41, 5.74) is 2.06. The summed E-state index contributed by atoms with van der Waals surface area (Å²) in [5, 5.41) is 5.69. The van der Waals surface area contributed by atoms with Crippen LogP contribution in [0.25, 0.3) is 0 Å². The minimum Gasteiger partial charge on any atom is -0.497 e. The number of benzene rings is 2. The molecule has 0 aromatic heterocycles. The average molecular weight is 356 g/mol. The lowest BCUT2D eigenvalue weighted by Crippen LogP contribution is -2.23. The normalized spacial score (nSPS) is 10.3. The highest BCUT2D eigenvalue weighted by molar-refractivity contribution is 5.97. The molecule has 0 aliphatic rings. The molecule has 2 rings (SSSR count). The van der Waals surface area contributed by atoms with Crippen molar-refractivity contribution in [2.45, 2.75) is 20.4 Å². The van der Waals surface area contributed by atoms with Crippen LogP contribution in [0.4, 0.5) is 5.69 Å². The van der Waals surface area contributed by atoms with E-state index in [1.165, 1.54) is 7.11 Å². The molecule has 0 saturated carbocycles. The maximum absolute atomic E-state index is 12.4. The van der Waals surface area contributed by atoms with Crippen LogP contribution in [-0.4, -0.2) is 26.0 Å². The number of rotatable bonds is 7. The third-order valence-electron chi connectivity index (χ3n) is 3.85. The van der Waals surface area contributed by atoms with Gasteiger partial charge in [-0.25, -0.2) is 0 Å². The van der Waals surface area contributed by atoms with Crippen LogP contribution in [0.15, 0.2) is 42.5 Å². The molecule has 138 valence electrons. The number of hydrogen-bond acceptors (Lipinski definition) is 4. The summed E-state index contributed by atoms with van der Waals surface area (Å²) >= 11 is 0. The molecule has 0 aliphatic carbocycles. The second kappa shape index (κ2) is 8.89. The fourth-order valence-corrected chi connectivity index (χ4v) is 2.26. The number of nitrogens with one attached hydrogen (secondary N) is 2. The first-order valence-corrected chi connectivity index (χ1v) is 8.34. The molecule has 2 amide bonds. The number of amides is 2. The van der Waals surface area contributed by atoms with Crippen LogP contribution >= 0.6 is 0 Å². The van der Waals surface area contributed by atoms with Gasteiger partial charge in [-0.2, -0.15) is 0 Å². The van der Waals surface area contributed by atoms with Crippen LogP contribution in [-0.2, 0) is 11.3 Å². The number of hydrogen-bond donors (Lipinski definition) is 2. The Kier molecular flexibility index (Phi) is 6.60. The van der Waals surface area contributed by atoms with Gasteiger partial charge in [-0.15, -0.1) is 0 Å². The quantitative estimate of drug-likeness (QED) is 0.798. The minimum absolute atomic E-state index is 0.0313. The van der Waals surface area contributed by atoms with E-state index in [0.717, 1.165) is 11.3 Å². The highest BCUT2D eigenvalue weighted by Gasteiger charge is 2.13. The van der Waals surface area contributed by atoms with Gasteiger partial charge >= 0.3 is 0 Å². The van der Waals surface area contributed by atoms with Gasteiger partial charge in [0.05, 0.1) is 19.8 Å². The van der Waals surface area contributed by atoms with E-state index in [2.05, 4.69) is 10.6 Å². The van der Waals surface area contributed by atoms with Crippen molar-refractivity contribution in [3.8, 4) is 11.5 Å². The van der Waals surface area contributed by atoms with E-state index in [1.54, 1.807) is 25.3 Å². The fraction of sp³-hybridized carbons (Fsp3) is 0.300. The Morgan fingerprint density at radius 2 is 1.69 bits per heavy atom. The smallest absolute Gasteiger partial charge is 0.255 e. The summed E-state index contributed by atoms with van der Waals surface area (Å²) in [5.74, 6) is 0.706. The zero-order chi connectivity index (χ0) is 19.1. The van der Waals surface area contributed by atoms with E-state index in [9.17, 15) is 9.59 Å². The van der Waals surface area contributed by atoms with E-state index in [4.69, 9.17) is 9.47 Å². The second-order valence-electron chi connectivity index (χ2n) is 6.09. The predicted octanol–water partition coefficient (Wildman–Crippen LogP) is 3.23. The van der Waals surface area contributed by atoms with Crippen LogP contribution in [0.2, 0.25) is 0 Å². The van der Waals surface area contributed by atoms with Gasteiger partial charge in [0.1, 0.15) is 11.5 Å². The molecule has 0 radical (unpaired) electrons. The molecule has 26 heavy (non-hydrogen) atoms. The van der Waals surface area contributed by atoms with E-state index in [1.807, 2.05) is 38.1 Å². The Labute approximate surface area is 153 Å². The maximum Gasteiger partial charge on any atom is 0.255 e. The van der Waals surface area contributed by atoms with Crippen molar-refractivity contribution in [3.05, 3.63) is 53.6 Å².